The molecular weight excluding hydrogens is 470 g/mol. The highest BCUT2D eigenvalue weighted by atomic mass is 32.2. The zero-order chi connectivity index (χ0) is 24.4. The number of carbonyl (C=O) groups excluding carboxylic acids is 1. The number of amides is 1. The molecule has 0 spiro atoms. The number of hydrogen-bond acceptors (Lipinski definition) is 8. The minimum absolute atomic E-state index is 0.0416. The fourth-order valence-electron chi connectivity index (χ4n) is 3.56. The van der Waals surface area contributed by atoms with Crippen molar-refractivity contribution in [3.05, 3.63) is 48.0 Å². The van der Waals surface area contributed by atoms with Gasteiger partial charge in [0.15, 0.2) is 11.5 Å². The molecule has 0 saturated carbocycles. The molecule has 12 heteroatoms. The molecular formula is C21H27N3O7S2. The van der Waals surface area contributed by atoms with Gasteiger partial charge in [0.2, 0.25) is 26.0 Å². The van der Waals surface area contributed by atoms with Gasteiger partial charge in [-0.15, -0.1) is 0 Å². The summed E-state index contributed by atoms with van der Waals surface area (Å²) in [6.07, 6.45) is -0.0913. The van der Waals surface area contributed by atoms with E-state index in [4.69, 9.17) is 9.47 Å². The van der Waals surface area contributed by atoms with Gasteiger partial charge in [-0.2, -0.15) is 0 Å². The van der Waals surface area contributed by atoms with Crippen molar-refractivity contribution in [2.75, 3.05) is 44.9 Å². The van der Waals surface area contributed by atoms with Crippen LogP contribution in [0, 0.1) is 0 Å². The number of nitrogens with one attached hydrogen (secondary N) is 1. The van der Waals surface area contributed by atoms with Crippen LogP contribution in [0.15, 0.2) is 47.4 Å². The number of nitrogens with zero attached hydrogens (tertiary/aromatic N) is 2. The lowest BCUT2D eigenvalue weighted by Crippen LogP contribution is -2.34. The van der Waals surface area contributed by atoms with E-state index < -0.39 is 26.0 Å². The molecule has 180 valence electrons. The Balaban J connectivity index is 1.79. The lowest BCUT2D eigenvalue weighted by atomic mass is 10.1. The van der Waals surface area contributed by atoms with Crippen molar-refractivity contribution >= 4 is 31.6 Å². The molecule has 0 aliphatic carbocycles. The van der Waals surface area contributed by atoms with Gasteiger partial charge < -0.3 is 14.4 Å². The monoisotopic (exact) mass is 497 g/mol. The van der Waals surface area contributed by atoms with Crippen molar-refractivity contribution in [1.82, 2.24) is 9.62 Å². The van der Waals surface area contributed by atoms with Gasteiger partial charge >= 0.3 is 0 Å². The summed E-state index contributed by atoms with van der Waals surface area (Å²) >= 11 is 0. The first kappa shape index (κ1) is 25.0. The fourth-order valence-corrected chi connectivity index (χ4v) is 6.06. The van der Waals surface area contributed by atoms with Crippen LogP contribution >= 0.6 is 0 Å². The predicted octanol–water partition coefficient (Wildman–Crippen LogP) is 1.35. The van der Waals surface area contributed by atoms with Gasteiger partial charge in [-0.05, 0) is 56.1 Å². The number of benzene rings is 2. The summed E-state index contributed by atoms with van der Waals surface area (Å²) in [5, 5.41) is 0. The van der Waals surface area contributed by atoms with Crippen LogP contribution in [0.3, 0.4) is 0 Å². The molecule has 10 nitrogen and oxygen atoms in total. The Morgan fingerprint density at radius 1 is 1.06 bits per heavy atom. The van der Waals surface area contributed by atoms with E-state index in [2.05, 4.69) is 4.72 Å². The van der Waals surface area contributed by atoms with E-state index in [0.717, 1.165) is 9.87 Å². The molecule has 1 fully saturated rings. The van der Waals surface area contributed by atoms with E-state index >= 15 is 0 Å². The van der Waals surface area contributed by atoms with Gasteiger partial charge in [0.25, 0.3) is 0 Å². The number of hydrogen-bond donors (Lipinski definition) is 1. The molecule has 33 heavy (non-hydrogen) atoms. The Hall–Kier alpha value is -2.67. The summed E-state index contributed by atoms with van der Waals surface area (Å²) in [5.41, 5.74) is 0.946. The average Bonchev–Trinajstić information content (AvgIpc) is 3.05. The number of methoxy groups -OCH3 is 2. The first-order valence-corrected chi connectivity index (χ1v) is 13.1. The molecule has 1 aliphatic heterocycles. The molecule has 2 aromatic rings. The van der Waals surface area contributed by atoms with Gasteiger partial charge in [0.05, 0.1) is 30.6 Å². The summed E-state index contributed by atoms with van der Waals surface area (Å²) in [6, 6.07) is 10.3. The largest absolute Gasteiger partial charge is 0.493 e. The van der Waals surface area contributed by atoms with Crippen LogP contribution in [-0.4, -0.2) is 68.3 Å². The fraction of sp³-hybridized carbons (Fsp3) is 0.381. The van der Waals surface area contributed by atoms with E-state index in [1.54, 1.807) is 12.1 Å². The van der Waals surface area contributed by atoms with Crippen LogP contribution in [0.5, 0.6) is 11.5 Å². The number of carbonyl (C=O) groups is 1. The maximum Gasteiger partial charge on any atom is 0.242 e. The average molecular weight is 498 g/mol. The van der Waals surface area contributed by atoms with E-state index in [1.165, 1.54) is 38.5 Å². The summed E-state index contributed by atoms with van der Waals surface area (Å²) in [7, 11) is -0.882. The predicted molar refractivity (Wildman–Crippen MR) is 123 cm³/mol. The molecule has 0 unspecified atom stereocenters. The first-order chi connectivity index (χ1) is 15.5. The standard InChI is InChI=1S/C21H27N3O7S2/c1-23(2)18(15-5-10-19(30-3)20(13-15)31-4)14-22-33(28,29)17-8-6-16(7-9-17)24-21(25)11-12-32(24,26)27/h5-10,13,18,22H,11-12,14H2,1-4H3/t18-/m0/s1. The summed E-state index contributed by atoms with van der Waals surface area (Å²) < 4.78 is 63.8. The van der Waals surface area contributed by atoms with Gasteiger partial charge in [0, 0.05) is 19.0 Å². The number of rotatable bonds is 9. The van der Waals surface area contributed by atoms with Crippen molar-refractivity contribution in [2.45, 2.75) is 17.4 Å². The molecule has 2 aromatic carbocycles. The van der Waals surface area contributed by atoms with E-state index in [-0.39, 0.29) is 35.3 Å². The second-order valence-corrected chi connectivity index (χ2v) is 11.4. The zero-order valence-corrected chi connectivity index (χ0v) is 20.4. The Bertz CT molecular complexity index is 1230. The van der Waals surface area contributed by atoms with Crippen LogP contribution in [0.2, 0.25) is 0 Å². The molecule has 1 heterocycles. The number of anilines is 1. The Labute approximate surface area is 194 Å². The van der Waals surface area contributed by atoms with Crippen LogP contribution in [0.25, 0.3) is 0 Å². The SMILES string of the molecule is COc1ccc([C@H](CNS(=O)(=O)c2ccc(N3C(=O)CCS3(=O)=O)cc2)N(C)C)cc1OC. The lowest BCUT2D eigenvalue weighted by molar-refractivity contribution is -0.116. The van der Waals surface area contributed by atoms with Crippen LogP contribution in [0.4, 0.5) is 5.69 Å². The molecule has 0 bridgehead atoms. The van der Waals surface area contributed by atoms with E-state index in [9.17, 15) is 21.6 Å². The molecule has 0 radical (unpaired) electrons. The molecule has 1 amide bonds. The first-order valence-electron chi connectivity index (χ1n) is 10.0. The van der Waals surface area contributed by atoms with Crippen molar-refractivity contribution < 1.29 is 31.1 Å². The van der Waals surface area contributed by atoms with Gasteiger partial charge in [0.1, 0.15) is 0 Å². The molecule has 1 saturated heterocycles. The summed E-state index contributed by atoms with van der Waals surface area (Å²) in [5.74, 6) is 0.312. The smallest absolute Gasteiger partial charge is 0.242 e. The minimum Gasteiger partial charge on any atom is -0.493 e. The van der Waals surface area contributed by atoms with Crippen LogP contribution < -0.4 is 18.5 Å². The summed E-state index contributed by atoms with van der Waals surface area (Å²) in [6.45, 7) is 0.0750. The number of ether oxygens (including phenoxy) is 2. The van der Waals surface area contributed by atoms with Crippen molar-refractivity contribution in [3.63, 3.8) is 0 Å². The Morgan fingerprint density at radius 3 is 2.21 bits per heavy atom. The third-order valence-corrected chi connectivity index (χ3v) is 8.47. The zero-order valence-electron chi connectivity index (χ0n) is 18.8. The quantitative estimate of drug-likeness (QED) is 0.551. The topological polar surface area (TPSA) is 122 Å². The third-order valence-electron chi connectivity index (χ3n) is 5.34. The maximum atomic E-state index is 12.9. The Morgan fingerprint density at radius 2 is 1.70 bits per heavy atom. The van der Waals surface area contributed by atoms with Gasteiger partial charge in [-0.25, -0.2) is 25.9 Å². The number of sulfonamides is 2. The third kappa shape index (κ3) is 5.29. The molecule has 1 aliphatic rings. The van der Waals surface area contributed by atoms with Crippen LogP contribution in [-0.2, 0) is 24.8 Å². The van der Waals surface area contributed by atoms with Crippen molar-refractivity contribution in [3.8, 4) is 11.5 Å². The second kappa shape index (κ2) is 9.67. The summed E-state index contributed by atoms with van der Waals surface area (Å²) in [4.78, 5) is 13.8. The molecule has 1 N–H and O–H groups in total. The minimum atomic E-state index is -3.89. The highest BCUT2D eigenvalue weighted by molar-refractivity contribution is 7.94. The highest BCUT2D eigenvalue weighted by Crippen LogP contribution is 2.31. The Kier molecular flexibility index (Phi) is 7.32. The van der Waals surface area contributed by atoms with Crippen molar-refractivity contribution in [2.24, 2.45) is 0 Å². The normalized spacial score (nSPS) is 16.8. The highest BCUT2D eigenvalue weighted by Gasteiger charge is 2.36. The van der Waals surface area contributed by atoms with Gasteiger partial charge in [-0.1, -0.05) is 6.07 Å². The van der Waals surface area contributed by atoms with Gasteiger partial charge in [-0.3, -0.25) is 4.79 Å². The maximum absolute atomic E-state index is 12.9. The molecule has 0 aromatic heterocycles. The molecule has 3 rings (SSSR count). The lowest BCUT2D eigenvalue weighted by Gasteiger charge is -2.26. The van der Waals surface area contributed by atoms with Crippen molar-refractivity contribution in [1.29, 1.82) is 0 Å². The second-order valence-electron chi connectivity index (χ2n) is 7.66. The van der Waals surface area contributed by atoms with E-state index in [0.29, 0.717) is 11.5 Å². The van der Waals surface area contributed by atoms with Crippen LogP contribution in [0.1, 0.15) is 18.0 Å². The van der Waals surface area contributed by atoms with E-state index in [1.807, 2.05) is 25.1 Å². The molecule has 1 atom stereocenters. The number of likely N-dealkylation sites (N-methyl/N-ethyl adjacent to an activating group) is 1.